The van der Waals surface area contributed by atoms with Crippen LogP contribution in [0.3, 0.4) is 0 Å². The van der Waals surface area contributed by atoms with Gasteiger partial charge in [0.05, 0.1) is 25.7 Å². The summed E-state index contributed by atoms with van der Waals surface area (Å²) in [6.07, 6.45) is -0.239. The van der Waals surface area contributed by atoms with Gasteiger partial charge in [0.25, 0.3) is 5.91 Å². The third-order valence-electron chi connectivity index (χ3n) is 3.20. The highest BCUT2D eigenvalue weighted by atomic mass is 19.1. The van der Waals surface area contributed by atoms with Crippen LogP contribution in [0.25, 0.3) is 0 Å². The summed E-state index contributed by atoms with van der Waals surface area (Å²) in [4.78, 5) is 24.2. The largest absolute Gasteiger partial charge is 0.481 e. The van der Waals surface area contributed by atoms with Gasteiger partial charge in [0.1, 0.15) is 5.82 Å². The number of carboxylic acid groups (broad SMARTS) is 1. The lowest BCUT2D eigenvalue weighted by atomic mass is 10.1. The van der Waals surface area contributed by atoms with E-state index in [9.17, 15) is 18.4 Å². The Bertz CT molecular complexity index is 566. The van der Waals surface area contributed by atoms with Gasteiger partial charge >= 0.3 is 5.97 Å². The van der Waals surface area contributed by atoms with Crippen LogP contribution < -0.4 is 4.74 Å². The second-order valence-corrected chi connectivity index (χ2v) is 4.78. The van der Waals surface area contributed by atoms with Crippen molar-refractivity contribution in [3.8, 4) is 5.75 Å². The average molecular weight is 315 g/mol. The standard InChI is InChI=1S/C14H15F2NO5/c15-9-1-2-12(11(16)5-9)22-8-13(18)17-3-4-21-7-10(17)6-14(19)20/h1-2,5,10H,3-4,6-8H2,(H,19,20). The SMILES string of the molecule is O=C(O)CC1COCCN1C(=O)COc1ccc(F)cc1F. The molecule has 8 heteroatoms. The minimum absolute atomic E-state index is 0.128. The zero-order valence-corrected chi connectivity index (χ0v) is 11.6. The van der Waals surface area contributed by atoms with Gasteiger partial charge in [-0.2, -0.15) is 0 Å². The van der Waals surface area contributed by atoms with Gasteiger partial charge in [-0.1, -0.05) is 0 Å². The molecule has 0 saturated carbocycles. The number of hydrogen-bond donors (Lipinski definition) is 1. The highest BCUT2D eigenvalue weighted by molar-refractivity contribution is 5.79. The van der Waals surface area contributed by atoms with Gasteiger partial charge in [0.15, 0.2) is 18.2 Å². The van der Waals surface area contributed by atoms with Crippen LogP contribution in [0.1, 0.15) is 6.42 Å². The number of rotatable bonds is 5. The molecule has 0 spiro atoms. The molecule has 22 heavy (non-hydrogen) atoms. The first-order valence-corrected chi connectivity index (χ1v) is 6.64. The molecular weight excluding hydrogens is 300 g/mol. The minimum atomic E-state index is -1.04. The van der Waals surface area contributed by atoms with Crippen LogP contribution in [0.15, 0.2) is 18.2 Å². The average Bonchev–Trinajstić information content (AvgIpc) is 2.46. The fourth-order valence-electron chi connectivity index (χ4n) is 2.17. The summed E-state index contributed by atoms with van der Waals surface area (Å²) in [5, 5.41) is 8.83. The van der Waals surface area contributed by atoms with Crippen LogP contribution in [0.2, 0.25) is 0 Å². The molecule has 1 aliphatic rings. The van der Waals surface area contributed by atoms with Crippen LogP contribution in [-0.4, -0.2) is 54.3 Å². The molecule has 1 amide bonds. The van der Waals surface area contributed by atoms with Crippen LogP contribution in [0.5, 0.6) is 5.75 Å². The van der Waals surface area contributed by atoms with Crippen LogP contribution >= 0.6 is 0 Å². The van der Waals surface area contributed by atoms with E-state index in [1.54, 1.807) is 0 Å². The molecule has 1 unspecified atom stereocenters. The number of amides is 1. The molecule has 1 aromatic rings. The lowest BCUT2D eigenvalue weighted by molar-refractivity contribution is -0.147. The zero-order chi connectivity index (χ0) is 16.1. The molecule has 6 nitrogen and oxygen atoms in total. The molecule has 1 aromatic carbocycles. The summed E-state index contributed by atoms with van der Waals surface area (Å²) in [5.41, 5.74) is 0. The fraction of sp³-hybridized carbons (Fsp3) is 0.429. The number of hydrogen-bond acceptors (Lipinski definition) is 4. The predicted molar refractivity (Wildman–Crippen MR) is 70.4 cm³/mol. The number of benzene rings is 1. The Morgan fingerprint density at radius 1 is 1.41 bits per heavy atom. The number of carbonyl (C=O) groups is 2. The van der Waals surface area contributed by atoms with Gasteiger partial charge in [0.2, 0.25) is 0 Å². The molecule has 0 radical (unpaired) electrons. The molecule has 1 saturated heterocycles. The van der Waals surface area contributed by atoms with Gasteiger partial charge in [0, 0.05) is 12.6 Å². The van der Waals surface area contributed by atoms with Crippen molar-refractivity contribution in [2.75, 3.05) is 26.4 Å². The van der Waals surface area contributed by atoms with Crippen molar-refractivity contribution in [2.24, 2.45) is 0 Å². The molecule has 0 aromatic heterocycles. The second-order valence-electron chi connectivity index (χ2n) is 4.78. The lowest BCUT2D eigenvalue weighted by Crippen LogP contribution is -2.51. The highest BCUT2D eigenvalue weighted by Gasteiger charge is 2.29. The van der Waals surface area contributed by atoms with Crippen LogP contribution in [-0.2, 0) is 14.3 Å². The molecule has 0 aliphatic carbocycles. The van der Waals surface area contributed by atoms with E-state index in [0.29, 0.717) is 12.7 Å². The number of ether oxygens (including phenoxy) is 2. The van der Waals surface area contributed by atoms with E-state index in [1.165, 1.54) is 4.90 Å². The number of carbonyl (C=O) groups excluding carboxylic acids is 1. The Labute approximate surface area is 125 Å². The maximum absolute atomic E-state index is 13.4. The van der Waals surface area contributed by atoms with Crippen LogP contribution in [0, 0.1) is 11.6 Å². The summed E-state index contributed by atoms with van der Waals surface area (Å²) in [6, 6.07) is 2.18. The molecule has 1 aliphatic heterocycles. The van der Waals surface area contributed by atoms with Crippen molar-refractivity contribution in [3.63, 3.8) is 0 Å². The molecule has 2 rings (SSSR count). The first-order valence-electron chi connectivity index (χ1n) is 6.64. The summed E-state index contributed by atoms with van der Waals surface area (Å²) in [6.45, 7) is 0.209. The van der Waals surface area contributed by atoms with Crippen molar-refractivity contribution < 1.29 is 33.0 Å². The summed E-state index contributed by atoms with van der Waals surface area (Å²) in [7, 11) is 0. The third kappa shape index (κ3) is 4.14. The molecule has 0 bridgehead atoms. The van der Waals surface area contributed by atoms with E-state index in [2.05, 4.69) is 0 Å². The number of morpholine rings is 1. The Morgan fingerprint density at radius 3 is 2.86 bits per heavy atom. The molecule has 1 heterocycles. The number of nitrogens with zero attached hydrogens (tertiary/aromatic N) is 1. The van der Waals surface area contributed by atoms with E-state index >= 15 is 0 Å². The topological polar surface area (TPSA) is 76.1 Å². The van der Waals surface area contributed by atoms with E-state index in [4.69, 9.17) is 14.6 Å². The summed E-state index contributed by atoms with van der Waals surface area (Å²) in [5.74, 6) is -3.40. The van der Waals surface area contributed by atoms with Gasteiger partial charge in [-0.05, 0) is 12.1 Å². The monoisotopic (exact) mass is 315 g/mol. The predicted octanol–water partition coefficient (Wildman–Crippen LogP) is 1.05. The normalized spacial score (nSPS) is 18.1. The van der Waals surface area contributed by atoms with E-state index in [0.717, 1.165) is 12.1 Å². The summed E-state index contributed by atoms with van der Waals surface area (Å²) >= 11 is 0. The molecule has 1 N–H and O–H groups in total. The Morgan fingerprint density at radius 2 is 2.18 bits per heavy atom. The number of halogens is 2. The van der Waals surface area contributed by atoms with Crippen molar-refractivity contribution in [2.45, 2.75) is 12.5 Å². The maximum Gasteiger partial charge on any atom is 0.305 e. The van der Waals surface area contributed by atoms with Crippen LogP contribution in [0.4, 0.5) is 8.78 Å². The minimum Gasteiger partial charge on any atom is -0.481 e. The van der Waals surface area contributed by atoms with Gasteiger partial charge in [-0.25, -0.2) is 8.78 Å². The molecule has 120 valence electrons. The second kappa shape index (κ2) is 7.17. The van der Waals surface area contributed by atoms with E-state index in [-0.39, 0.29) is 25.3 Å². The van der Waals surface area contributed by atoms with Crippen molar-refractivity contribution in [1.29, 1.82) is 0 Å². The van der Waals surface area contributed by atoms with Crippen molar-refractivity contribution >= 4 is 11.9 Å². The fourth-order valence-corrected chi connectivity index (χ4v) is 2.17. The summed E-state index contributed by atoms with van der Waals surface area (Å²) < 4.78 is 36.4. The highest BCUT2D eigenvalue weighted by Crippen LogP contribution is 2.18. The van der Waals surface area contributed by atoms with E-state index < -0.39 is 36.2 Å². The van der Waals surface area contributed by atoms with Gasteiger partial charge in [-0.3, -0.25) is 9.59 Å². The third-order valence-corrected chi connectivity index (χ3v) is 3.20. The Kier molecular flexibility index (Phi) is 5.26. The Balaban J connectivity index is 1.96. The molecular formula is C14H15F2NO5. The smallest absolute Gasteiger partial charge is 0.305 e. The first kappa shape index (κ1) is 16.2. The number of aliphatic carboxylic acids is 1. The quantitative estimate of drug-likeness (QED) is 0.879. The van der Waals surface area contributed by atoms with Gasteiger partial charge in [-0.15, -0.1) is 0 Å². The number of carboxylic acids is 1. The molecule has 1 atom stereocenters. The zero-order valence-electron chi connectivity index (χ0n) is 11.6. The van der Waals surface area contributed by atoms with Crippen molar-refractivity contribution in [1.82, 2.24) is 4.90 Å². The van der Waals surface area contributed by atoms with Gasteiger partial charge < -0.3 is 19.5 Å². The lowest BCUT2D eigenvalue weighted by Gasteiger charge is -2.34. The maximum atomic E-state index is 13.4. The molecule has 1 fully saturated rings. The first-order chi connectivity index (χ1) is 10.5. The van der Waals surface area contributed by atoms with E-state index in [1.807, 2.05) is 0 Å². The Hall–Kier alpha value is -2.22. The van der Waals surface area contributed by atoms with Crippen molar-refractivity contribution in [3.05, 3.63) is 29.8 Å².